The first-order valence-electron chi connectivity index (χ1n) is 6.05. The Morgan fingerprint density at radius 3 is 2.40 bits per heavy atom. The predicted octanol–water partition coefficient (Wildman–Crippen LogP) is 4.45. The van der Waals surface area contributed by atoms with E-state index < -0.39 is 5.54 Å². The van der Waals surface area contributed by atoms with E-state index in [1.807, 2.05) is 0 Å². The molecule has 106 valence electrons. The zero-order chi connectivity index (χ0) is 14.8. The fourth-order valence-electron chi connectivity index (χ4n) is 1.97. The lowest BCUT2D eigenvalue weighted by atomic mass is 9.92. The molecule has 0 fully saturated rings. The summed E-state index contributed by atoms with van der Waals surface area (Å²) in [6.45, 7) is 1.61. The van der Waals surface area contributed by atoms with E-state index in [2.05, 4.69) is 5.32 Å². The third-order valence-electron chi connectivity index (χ3n) is 3.13. The minimum atomic E-state index is -0.820. The lowest BCUT2D eigenvalue weighted by Crippen LogP contribution is -2.36. The maximum Gasteiger partial charge on any atom is 0.123 e. The van der Waals surface area contributed by atoms with Crippen molar-refractivity contribution in [1.82, 2.24) is 0 Å². The summed E-state index contributed by atoms with van der Waals surface area (Å²) in [5.41, 5.74) is 0.539. The van der Waals surface area contributed by atoms with Crippen molar-refractivity contribution >= 4 is 28.9 Å². The van der Waals surface area contributed by atoms with E-state index in [1.165, 1.54) is 12.1 Å². The van der Waals surface area contributed by atoms with Crippen LogP contribution in [0.3, 0.4) is 0 Å². The molecule has 2 nitrogen and oxygen atoms in total. The Hall–Kier alpha value is -1.29. The number of aliphatic hydroxyl groups is 1. The highest BCUT2D eigenvalue weighted by atomic mass is 35.5. The van der Waals surface area contributed by atoms with Gasteiger partial charge in [0.2, 0.25) is 0 Å². The first-order chi connectivity index (χ1) is 9.46. The molecule has 0 bridgehead atoms. The molecule has 0 aliphatic carbocycles. The van der Waals surface area contributed by atoms with Crippen molar-refractivity contribution in [2.45, 2.75) is 12.5 Å². The molecule has 0 aliphatic heterocycles. The zero-order valence-corrected chi connectivity index (χ0v) is 12.3. The summed E-state index contributed by atoms with van der Waals surface area (Å²) >= 11 is 12.2. The minimum Gasteiger partial charge on any atom is -0.394 e. The monoisotopic (exact) mass is 313 g/mol. The highest BCUT2D eigenvalue weighted by molar-refractivity contribution is 6.42. The molecule has 0 spiro atoms. The molecular formula is C15H14Cl2FNO. The van der Waals surface area contributed by atoms with Crippen molar-refractivity contribution in [2.75, 3.05) is 11.9 Å². The van der Waals surface area contributed by atoms with Crippen LogP contribution in [0, 0.1) is 5.82 Å². The molecule has 0 radical (unpaired) electrons. The normalized spacial score (nSPS) is 13.8. The number of hydrogen-bond acceptors (Lipinski definition) is 2. The summed E-state index contributed by atoms with van der Waals surface area (Å²) in [7, 11) is 0. The van der Waals surface area contributed by atoms with Gasteiger partial charge in [0.1, 0.15) is 5.82 Å². The molecule has 0 saturated heterocycles. The van der Waals surface area contributed by atoms with Gasteiger partial charge in [-0.05, 0) is 42.8 Å². The van der Waals surface area contributed by atoms with Crippen molar-refractivity contribution in [3.05, 3.63) is 63.9 Å². The van der Waals surface area contributed by atoms with E-state index in [9.17, 15) is 9.50 Å². The summed E-state index contributed by atoms with van der Waals surface area (Å²) in [5, 5.41) is 13.7. The average Bonchev–Trinajstić information content (AvgIpc) is 2.44. The SMILES string of the molecule is CC(CO)(Nc1ccc(F)cc1)c1cccc(Cl)c1Cl. The van der Waals surface area contributed by atoms with Gasteiger partial charge in [-0.3, -0.25) is 0 Å². The summed E-state index contributed by atoms with van der Waals surface area (Å²) in [6.07, 6.45) is 0. The van der Waals surface area contributed by atoms with Crippen LogP contribution < -0.4 is 5.32 Å². The van der Waals surface area contributed by atoms with Crippen LogP contribution in [0.15, 0.2) is 42.5 Å². The molecule has 2 aromatic rings. The van der Waals surface area contributed by atoms with Gasteiger partial charge in [0, 0.05) is 5.69 Å². The molecule has 0 saturated carbocycles. The van der Waals surface area contributed by atoms with Gasteiger partial charge in [-0.15, -0.1) is 0 Å². The maximum absolute atomic E-state index is 12.9. The summed E-state index contributed by atoms with van der Waals surface area (Å²) in [5.74, 6) is -0.318. The highest BCUT2D eigenvalue weighted by Gasteiger charge is 2.28. The van der Waals surface area contributed by atoms with E-state index in [4.69, 9.17) is 23.2 Å². The van der Waals surface area contributed by atoms with E-state index >= 15 is 0 Å². The molecule has 2 N–H and O–H groups in total. The van der Waals surface area contributed by atoms with Crippen LogP contribution in [-0.2, 0) is 5.54 Å². The van der Waals surface area contributed by atoms with Crippen molar-refractivity contribution in [3.63, 3.8) is 0 Å². The largest absolute Gasteiger partial charge is 0.394 e. The van der Waals surface area contributed by atoms with Crippen LogP contribution in [0.4, 0.5) is 10.1 Å². The van der Waals surface area contributed by atoms with Gasteiger partial charge in [-0.2, -0.15) is 0 Å². The van der Waals surface area contributed by atoms with Gasteiger partial charge in [0.05, 0.1) is 22.2 Å². The molecule has 0 aromatic heterocycles. The molecule has 1 atom stereocenters. The number of benzene rings is 2. The third-order valence-corrected chi connectivity index (χ3v) is 3.95. The van der Waals surface area contributed by atoms with E-state index in [-0.39, 0.29) is 12.4 Å². The van der Waals surface area contributed by atoms with Crippen LogP contribution >= 0.6 is 23.2 Å². The number of rotatable bonds is 4. The van der Waals surface area contributed by atoms with E-state index in [1.54, 1.807) is 37.3 Å². The third kappa shape index (κ3) is 3.06. The zero-order valence-electron chi connectivity index (χ0n) is 10.8. The smallest absolute Gasteiger partial charge is 0.123 e. The second-order valence-electron chi connectivity index (χ2n) is 4.72. The summed E-state index contributed by atoms with van der Waals surface area (Å²) < 4.78 is 12.9. The van der Waals surface area contributed by atoms with Crippen LogP contribution in [-0.4, -0.2) is 11.7 Å². The number of halogens is 3. The fraction of sp³-hybridized carbons (Fsp3) is 0.200. The molecule has 0 amide bonds. The van der Waals surface area contributed by atoms with Gasteiger partial charge >= 0.3 is 0 Å². The number of anilines is 1. The Bertz CT molecular complexity index is 603. The van der Waals surface area contributed by atoms with Gasteiger partial charge in [-0.25, -0.2) is 4.39 Å². The molecule has 2 rings (SSSR count). The summed E-state index contributed by atoms with van der Waals surface area (Å²) in [4.78, 5) is 0. The van der Waals surface area contributed by atoms with Crippen molar-refractivity contribution in [3.8, 4) is 0 Å². The van der Waals surface area contributed by atoms with Gasteiger partial charge in [0.25, 0.3) is 0 Å². The van der Waals surface area contributed by atoms with Crippen LogP contribution in [0.2, 0.25) is 10.0 Å². The summed E-state index contributed by atoms with van der Waals surface area (Å²) in [6, 6.07) is 11.1. The Morgan fingerprint density at radius 1 is 1.15 bits per heavy atom. The molecule has 5 heteroatoms. The fourth-order valence-corrected chi connectivity index (χ4v) is 2.48. The highest BCUT2D eigenvalue weighted by Crippen LogP contribution is 2.35. The van der Waals surface area contributed by atoms with E-state index in [0.717, 1.165) is 0 Å². The Labute approximate surface area is 127 Å². The van der Waals surface area contributed by atoms with Crippen molar-refractivity contribution in [1.29, 1.82) is 0 Å². The quantitative estimate of drug-likeness (QED) is 0.874. The Morgan fingerprint density at radius 2 is 1.80 bits per heavy atom. The van der Waals surface area contributed by atoms with Gasteiger partial charge < -0.3 is 10.4 Å². The van der Waals surface area contributed by atoms with Crippen LogP contribution in [0.25, 0.3) is 0 Å². The van der Waals surface area contributed by atoms with Gasteiger partial charge in [-0.1, -0.05) is 35.3 Å². The number of aliphatic hydroxyl groups excluding tert-OH is 1. The second-order valence-corrected chi connectivity index (χ2v) is 5.51. The Balaban J connectivity index is 2.38. The molecule has 20 heavy (non-hydrogen) atoms. The average molecular weight is 314 g/mol. The standard InChI is InChI=1S/C15H14Cl2FNO/c1-15(9-20,12-3-2-4-13(16)14(12)17)19-11-7-5-10(18)6-8-11/h2-8,19-20H,9H2,1H3. The van der Waals surface area contributed by atoms with Crippen molar-refractivity contribution < 1.29 is 9.50 Å². The van der Waals surface area contributed by atoms with Crippen LogP contribution in [0.5, 0.6) is 0 Å². The van der Waals surface area contributed by atoms with Crippen LogP contribution in [0.1, 0.15) is 12.5 Å². The minimum absolute atomic E-state index is 0.190. The van der Waals surface area contributed by atoms with Gasteiger partial charge in [0.15, 0.2) is 0 Å². The topological polar surface area (TPSA) is 32.3 Å². The van der Waals surface area contributed by atoms with Crippen molar-refractivity contribution in [2.24, 2.45) is 0 Å². The lowest BCUT2D eigenvalue weighted by Gasteiger charge is -2.31. The second kappa shape index (κ2) is 6.00. The number of nitrogens with one attached hydrogen (secondary N) is 1. The Kier molecular flexibility index (Phi) is 4.53. The molecular weight excluding hydrogens is 300 g/mol. The lowest BCUT2D eigenvalue weighted by molar-refractivity contribution is 0.224. The number of hydrogen-bond donors (Lipinski definition) is 2. The molecule has 0 aliphatic rings. The van der Waals surface area contributed by atoms with E-state index in [0.29, 0.717) is 21.3 Å². The first kappa shape index (κ1) is 15.1. The molecule has 1 unspecified atom stereocenters. The molecule has 0 heterocycles. The first-order valence-corrected chi connectivity index (χ1v) is 6.81. The molecule has 2 aromatic carbocycles. The maximum atomic E-state index is 12.9. The predicted molar refractivity (Wildman–Crippen MR) is 80.9 cm³/mol.